The summed E-state index contributed by atoms with van der Waals surface area (Å²) in [6.07, 6.45) is 7.13. The third kappa shape index (κ3) is 2.18. The fourth-order valence-corrected chi connectivity index (χ4v) is 4.31. The standard InChI is InChI=1S/C21H19N5O2/c1-11(2)18(21(28)26-7-12(5-22)8-26)25-9-15-13-3-4-23-20-17(13)14(6-24-20)19(27)16(15)10-25/h3-4,6,9-12,18H,7-8H2,1-2H3,(H,23,24). The molecule has 28 heavy (non-hydrogen) atoms. The molecule has 1 fully saturated rings. The molecule has 0 aliphatic carbocycles. The van der Waals surface area contributed by atoms with Crippen LogP contribution < -0.4 is 5.43 Å². The summed E-state index contributed by atoms with van der Waals surface area (Å²) in [4.78, 5) is 35.2. The van der Waals surface area contributed by atoms with Gasteiger partial charge in [-0.25, -0.2) is 4.98 Å². The average Bonchev–Trinajstić information content (AvgIpc) is 3.24. The second-order valence-corrected chi connectivity index (χ2v) is 7.91. The van der Waals surface area contributed by atoms with Gasteiger partial charge in [-0.3, -0.25) is 9.59 Å². The van der Waals surface area contributed by atoms with Crippen LogP contribution in [0.5, 0.6) is 0 Å². The largest absolute Gasteiger partial charge is 0.346 e. The van der Waals surface area contributed by atoms with Gasteiger partial charge in [0, 0.05) is 54.0 Å². The maximum Gasteiger partial charge on any atom is 0.245 e. The van der Waals surface area contributed by atoms with E-state index in [2.05, 4.69) is 16.0 Å². The van der Waals surface area contributed by atoms with Crippen LogP contribution in [0.1, 0.15) is 19.9 Å². The van der Waals surface area contributed by atoms with Crippen molar-refractivity contribution < 1.29 is 4.79 Å². The second-order valence-electron chi connectivity index (χ2n) is 7.91. The molecule has 1 aliphatic rings. The van der Waals surface area contributed by atoms with E-state index in [-0.39, 0.29) is 23.2 Å². The number of benzene rings is 1. The quantitative estimate of drug-likeness (QED) is 0.597. The Kier molecular flexibility index (Phi) is 3.47. The molecule has 1 aromatic carbocycles. The lowest BCUT2D eigenvalue weighted by molar-refractivity contribution is -0.141. The molecule has 0 radical (unpaired) electrons. The third-order valence-corrected chi connectivity index (χ3v) is 5.78. The van der Waals surface area contributed by atoms with Crippen LogP contribution in [0.25, 0.3) is 32.6 Å². The molecular formula is C21H19N5O2. The molecule has 5 rings (SSSR count). The minimum Gasteiger partial charge on any atom is -0.346 e. The summed E-state index contributed by atoms with van der Waals surface area (Å²) in [7, 11) is 0. The molecule has 4 heterocycles. The van der Waals surface area contributed by atoms with Crippen molar-refractivity contribution in [3.63, 3.8) is 0 Å². The van der Waals surface area contributed by atoms with Gasteiger partial charge in [0.2, 0.25) is 5.91 Å². The average molecular weight is 373 g/mol. The van der Waals surface area contributed by atoms with Gasteiger partial charge < -0.3 is 14.5 Å². The highest BCUT2D eigenvalue weighted by Crippen LogP contribution is 2.33. The zero-order chi connectivity index (χ0) is 19.6. The van der Waals surface area contributed by atoms with Crippen molar-refractivity contribution in [1.29, 1.82) is 5.26 Å². The van der Waals surface area contributed by atoms with Crippen molar-refractivity contribution in [3.8, 4) is 6.07 Å². The number of hydrogen-bond donors (Lipinski definition) is 1. The van der Waals surface area contributed by atoms with Crippen LogP contribution in [0.15, 0.2) is 35.6 Å². The minimum absolute atomic E-state index is 0.00135. The Morgan fingerprint density at radius 3 is 2.71 bits per heavy atom. The lowest BCUT2D eigenvalue weighted by Gasteiger charge is -2.38. The SMILES string of the molecule is CC(C)C(C(=O)N1CC(C#N)C1)n1cc2c(=O)c3cnc4[nH]ccc(c2c1)c43. The first-order chi connectivity index (χ1) is 13.5. The van der Waals surface area contributed by atoms with Crippen LogP contribution in [0.2, 0.25) is 0 Å². The smallest absolute Gasteiger partial charge is 0.245 e. The number of nitrogens with zero attached hydrogens (tertiary/aromatic N) is 4. The van der Waals surface area contributed by atoms with Gasteiger partial charge in [0.05, 0.1) is 17.4 Å². The summed E-state index contributed by atoms with van der Waals surface area (Å²) in [5, 5.41) is 12.8. The zero-order valence-corrected chi connectivity index (χ0v) is 15.6. The minimum atomic E-state index is -0.406. The zero-order valence-electron chi connectivity index (χ0n) is 15.6. The van der Waals surface area contributed by atoms with Gasteiger partial charge in [-0.1, -0.05) is 13.8 Å². The number of fused-ring (bicyclic) bond motifs is 2. The van der Waals surface area contributed by atoms with Crippen molar-refractivity contribution in [1.82, 2.24) is 19.4 Å². The third-order valence-electron chi connectivity index (χ3n) is 5.78. The summed E-state index contributed by atoms with van der Waals surface area (Å²) < 4.78 is 1.87. The Bertz CT molecular complexity index is 1320. The summed E-state index contributed by atoms with van der Waals surface area (Å²) >= 11 is 0. The molecule has 0 saturated carbocycles. The van der Waals surface area contributed by atoms with Gasteiger partial charge in [-0.05, 0) is 17.4 Å². The molecule has 0 bridgehead atoms. The van der Waals surface area contributed by atoms with Gasteiger partial charge in [0.1, 0.15) is 11.7 Å². The predicted molar refractivity (Wildman–Crippen MR) is 106 cm³/mol. The van der Waals surface area contributed by atoms with E-state index < -0.39 is 6.04 Å². The molecule has 4 aromatic rings. The van der Waals surface area contributed by atoms with Crippen LogP contribution in [0.4, 0.5) is 0 Å². The van der Waals surface area contributed by atoms with Gasteiger partial charge in [0.15, 0.2) is 5.43 Å². The van der Waals surface area contributed by atoms with Crippen molar-refractivity contribution >= 4 is 38.5 Å². The van der Waals surface area contributed by atoms with Crippen molar-refractivity contribution in [2.45, 2.75) is 19.9 Å². The lowest BCUT2D eigenvalue weighted by atomic mass is 9.96. The van der Waals surface area contributed by atoms with E-state index in [1.165, 1.54) is 0 Å². The number of nitriles is 1. The first-order valence-electron chi connectivity index (χ1n) is 9.40. The van der Waals surface area contributed by atoms with Crippen LogP contribution in [-0.4, -0.2) is 38.4 Å². The monoisotopic (exact) mass is 373 g/mol. The Balaban J connectivity index is 1.67. The highest BCUT2D eigenvalue weighted by atomic mass is 16.2. The van der Waals surface area contributed by atoms with E-state index in [1.807, 2.05) is 36.9 Å². The van der Waals surface area contributed by atoms with E-state index in [9.17, 15) is 9.59 Å². The van der Waals surface area contributed by atoms with Gasteiger partial charge >= 0.3 is 0 Å². The molecule has 140 valence electrons. The van der Waals surface area contributed by atoms with E-state index in [0.717, 1.165) is 16.2 Å². The number of amides is 1. The summed E-state index contributed by atoms with van der Waals surface area (Å²) in [5.74, 6) is -0.0248. The molecule has 1 N–H and O–H groups in total. The molecule has 1 saturated heterocycles. The summed E-state index contributed by atoms with van der Waals surface area (Å²) in [5.41, 5.74) is 0.630. The Morgan fingerprint density at radius 1 is 1.25 bits per heavy atom. The molecular weight excluding hydrogens is 354 g/mol. The van der Waals surface area contributed by atoms with E-state index in [4.69, 9.17) is 5.26 Å². The summed E-state index contributed by atoms with van der Waals surface area (Å²) in [6, 6.07) is 3.74. The van der Waals surface area contributed by atoms with Crippen molar-refractivity contribution in [2.75, 3.05) is 13.1 Å². The Labute approximate surface area is 160 Å². The molecule has 1 unspecified atom stereocenters. The van der Waals surface area contributed by atoms with Crippen molar-refractivity contribution in [3.05, 3.63) is 41.1 Å². The van der Waals surface area contributed by atoms with Gasteiger partial charge in [-0.2, -0.15) is 5.26 Å². The van der Waals surface area contributed by atoms with Crippen LogP contribution in [0.3, 0.4) is 0 Å². The number of pyridine rings is 1. The van der Waals surface area contributed by atoms with E-state index in [1.54, 1.807) is 17.3 Å². The fourth-order valence-electron chi connectivity index (χ4n) is 4.31. The second kappa shape index (κ2) is 5.80. The number of aromatic amines is 1. The topological polar surface area (TPSA) is 94.8 Å². The van der Waals surface area contributed by atoms with Gasteiger partial charge in [-0.15, -0.1) is 0 Å². The first-order valence-corrected chi connectivity index (χ1v) is 9.40. The molecule has 1 atom stereocenters. The highest BCUT2D eigenvalue weighted by molar-refractivity contribution is 6.19. The Morgan fingerprint density at radius 2 is 2.00 bits per heavy atom. The molecule has 3 aromatic heterocycles. The van der Waals surface area contributed by atoms with Crippen LogP contribution in [0, 0.1) is 23.2 Å². The maximum absolute atomic E-state index is 13.1. The maximum atomic E-state index is 13.1. The number of hydrogen-bond acceptors (Lipinski definition) is 4. The number of nitrogens with one attached hydrogen (secondary N) is 1. The van der Waals surface area contributed by atoms with E-state index >= 15 is 0 Å². The normalized spacial score (nSPS) is 16.1. The van der Waals surface area contributed by atoms with Crippen LogP contribution in [-0.2, 0) is 4.79 Å². The molecule has 1 amide bonds. The molecule has 7 nitrogen and oxygen atoms in total. The molecule has 1 aliphatic heterocycles. The number of aromatic nitrogens is 3. The highest BCUT2D eigenvalue weighted by Gasteiger charge is 2.36. The van der Waals surface area contributed by atoms with Gasteiger partial charge in [0.25, 0.3) is 0 Å². The van der Waals surface area contributed by atoms with Crippen LogP contribution >= 0.6 is 0 Å². The number of carbonyl (C=O) groups is 1. The fraction of sp³-hybridized carbons (Fsp3) is 0.333. The Hall–Kier alpha value is -3.40. The molecule has 0 spiro atoms. The number of likely N-dealkylation sites (tertiary alicyclic amines) is 1. The number of carbonyl (C=O) groups excluding carboxylic acids is 1. The first kappa shape index (κ1) is 16.8. The van der Waals surface area contributed by atoms with E-state index in [0.29, 0.717) is 29.5 Å². The number of rotatable bonds is 3. The molecule has 7 heteroatoms. The van der Waals surface area contributed by atoms with Crippen molar-refractivity contribution in [2.24, 2.45) is 11.8 Å². The number of H-pyrrole nitrogens is 1. The lowest BCUT2D eigenvalue weighted by Crippen LogP contribution is -2.52. The predicted octanol–water partition coefficient (Wildman–Crippen LogP) is 2.65. The summed E-state index contributed by atoms with van der Waals surface area (Å²) in [6.45, 7) is 4.96.